The molecule has 1 heterocycles. The summed E-state index contributed by atoms with van der Waals surface area (Å²) in [5.41, 5.74) is 0. The van der Waals surface area contributed by atoms with Gasteiger partial charge in [-0.05, 0) is 13.3 Å². The maximum absolute atomic E-state index is 11.1. The molecule has 1 aromatic heterocycles. The zero-order valence-electron chi connectivity index (χ0n) is 8.15. The molecule has 0 atom stereocenters. The maximum atomic E-state index is 11.1. The Morgan fingerprint density at radius 1 is 1.50 bits per heavy atom. The van der Waals surface area contributed by atoms with Crippen LogP contribution < -0.4 is 0 Å². The third-order valence-electron chi connectivity index (χ3n) is 1.29. The van der Waals surface area contributed by atoms with Crippen LogP contribution in [0, 0.1) is 0 Å². The molecule has 0 aliphatic rings. The lowest BCUT2D eigenvalue weighted by molar-refractivity contribution is 0.0475. The summed E-state index contributed by atoms with van der Waals surface area (Å²) in [7, 11) is 0. The van der Waals surface area contributed by atoms with Crippen molar-refractivity contribution in [1.82, 2.24) is 10.2 Å². The number of ether oxygens (including phenoxy) is 1. The first kappa shape index (κ1) is 11.0. The molecule has 5 nitrogen and oxygen atoms in total. The first-order chi connectivity index (χ1) is 6.77. The van der Waals surface area contributed by atoms with Gasteiger partial charge >= 0.3 is 11.9 Å². The van der Waals surface area contributed by atoms with Gasteiger partial charge in [0.05, 0.1) is 6.61 Å². The van der Waals surface area contributed by atoms with Crippen LogP contribution in [0.15, 0.2) is 9.64 Å². The van der Waals surface area contributed by atoms with Crippen molar-refractivity contribution in [2.24, 2.45) is 0 Å². The van der Waals surface area contributed by atoms with E-state index >= 15 is 0 Å². The normalized spacial score (nSPS) is 10.1. The van der Waals surface area contributed by atoms with E-state index < -0.39 is 5.97 Å². The molecule has 0 amide bonds. The molecule has 0 spiro atoms. The zero-order chi connectivity index (χ0) is 10.4. The van der Waals surface area contributed by atoms with Gasteiger partial charge in [0, 0.05) is 5.75 Å². The predicted molar refractivity (Wildman–Crippen MR) is 51.3 cm³/mol. The van der Waals surface area contributed by atoms with E-state index in [1.54, 1.807) is 6.92 Å². The highest BCUT2D eigenvalue weighted by Gasteiger charge is 2.15. The summed E-state index contributed by atoms with van der Waals surface area (Å²) in [6, 6.07) is 0. The quantitative estimate of drug-likeness (QED) is 0.552. The van der Waals surface area contributed by atoms with Crippen LogP contribution in [0.5, 0.6) is 0 Å². The van der Waals surface area contributed by atoms with E-state index in [-0.39, 0.29) is 5.89 Å². The van der Waals surface area contributed by atoms with Crippen LogP contribution in [0.25, 0.3) is 0 Å². The highest BCUT2D eigenvalue weighted by Crippen LogP contribution is 2.16. The summed E-state index contributed by atoms with van der Waals surface area (Å²) in [6.45, 7) is 4.08. The Balaban J connectivity index is 2.54. The molecule has 78 valence electrons. The molecule has 14 heavy (non-hydrogen) atoms. The van der Waals surface area contributed by atoms with Gasteiger partial charge in [-0.1, -0.05) is 23.8 Å². The molecule has 0 fully saturated rings. The summed E-state index contributed by atoms with van der Waals surface area (Å²) in [5, 5.41) is 7.69. The van der Waals surface area contributed by atoms with E-state index in [0.717, 1.165) is 12.2 Å². The van der Waals surface area contributed by atoms with Crippen molar-refractivity contribution in [3.8, 4) is 0 Å². The van der Waals surface area contributed by atoms with Crippen molar-refractivity contribution < 1.29 is 13.9 Å². The van der Waals surface area contributed by atoms with Gasteiger partial charge in [-0.3, -0.25) is 0 Å². The first-order valence-electron chi connectivity index (χ1n) is 4.41. The fourth-order valence-electron chi connectivity index (χ4n) is 0.733. The molecule has 0 radical (unpaired) electrons. The number of hydrogen-bond donors (Lipinski definition) is 0. The highest BCUT2D eigenvalue weighted by molar-refractivity contribution is 7.99. The minimum Gasteiger partial charge on any atom is -0.459 e. The molecular formula is C8H12N2O3S. The molecule has 0 unspecified atom stereocenters. The Morgan fingerprint density at radius 2 is 2.29 bits per heavy atom. The van der Waals surface area contributed by atoms with Crippen LogP contribution >= 0.6 is 11.8 Å². The SMILES string of the molecule is CCCSc1nnc(C(=O)OCC)o1. The average molecular weight is 216 g/mol. The van der Waals surface area contributed by atoms with Gasteiger partial charge in [0.1, 0.15) is 0 Å². The summed E-state index contributed by atoms with van der Waals surface area (Å²) in [6.07, 6.45) is 1.02. The molecular weight excluding hydrogens is 204 g/mol. The lowest BCUT2D eigenvalue weighted by atomic mass is 10.6. The Labute approximate surface area is 86.2 Å². The summed E-state index contributed by atoms with van der Waals surface area (Å²) in [4.78, 5) is 11.1. The number of hydrogen-bond acceptors (Lipinski definition) is 6. The second-order valence-electron chi connectivity index (χ2n) is 2.44. The third kappa shape index (κ3) is 3.02. The molecule has 0 bridgehead atoms. The third-order valence-corrected chi connectivity index (χ3v) is 2.31. The lowest BCUT2D eigenvalue weighted by Crippen LogP contribution is -2.04. The van der Waals surface area contributed by atoms with E-state index in [9.17, 15) is 4.79 Å². The Bertz CT molecular complexity index is 301. The second kappa shape index (κ2) is 5.64. The van der Waals surface area contributed by atoms with Crippen molar-refractivity contribution >= 4 is 17.7 Å². The van der Waals surface area contributed by atoms with Crippen molar-refractivity contribution in [2.45, 2.75) is 25.5 Å². The monoisotopic (exact) mass is 216 g/mol. The maximum Gasteiger partial charge on any atom is 0.396 e. The lowest BCUT2D eigenvalue weighted by Gasteiger charge is -1.94. The van der Waals surface area contributed by atoms with Crippen LogP contribution in [0.4, 0.5) is 0 Å². The van der Waals surface area contributed by atoms with Crippen LogP contribution in [-0.4, -0.2) is 28.5 Å². The number of aromatic nitrogens is 2. The molecule has 0 aliphatic carbocycles. The minimum absolute atomic E-state index is 0.0783. The summed E-state index contributed by atoms with van der Waals surface area (Å²) >= 11 is 1.43. The van der Waals surface area contributed by atoms with Gasteiger partial charge in [-0.2, -0.15) is 0 Å². The smallest absolute Gasteiger partial charge is 0.396 e. The van der Waals surface area contributed by atoms with E-state index in [2.05, 4.69) is 17.1 Å². The fourth-order valence-corrected chi connectivity index (χ4v) is 1.35. The van der Waals surface area contributed by atoms with Gasteiger partial charge in [0.2, 0.25) is 0 Å². The topological polar surface area (TPSA) is 65.2 Å². The minimum atomic E-state index is -0.566. The molecule has 0 saturated heterocycles. The number of nitrogens with zero attached hydrogens (tertiary/aromatic N) is 2. The van der Waals surface area contributed by atoms with Gasteiger partial charge in [-0.25, -0.2) is 4.79 Å². The van der Waals surface area contributed by atoms with Crippen LogP contribution in [0.2, 0.25) is 0 Å². The van der Waals surface area contributed by atoms with E-state index in [4.69, 9.17) is 9.15 Å². The Kier molecular flexibility index (Phi) is 4.45. The molecule has 0 aromatic carbocycles. The summed E-state index contributed by atoms with van der Waals surface area (Å²) in [5.74, 6) is 0.249. The molecule has 1 rings (SSSR count). The number of esters is 1. The van der Waals surface area contributed by atoms with Gasteiger partial charge in [0.15, 0.2) is 0 Å². The van der Waals surface area contributed by atoms with E-state index in [1.165, 1.54) is 11.8 Å². The molecule has 6 heteroatoms. The number of thioether (sulfide) groups is 1. The average Bonchev–Trinajstić information content (AvgIpc) is 2.63. The zero-order valence-corrected chi connectivity index (χ0v) is 8.97. The molecule has 0 N–H and O–H groups in total. The Hall–Kier alpha value is -1.04. The van der Waals surface area contributed by atoms with Crippen molar-refractivity contribution in [3.05, 3.63) is 5.89 Å². The largest absolute Gasteiger partial charge is 0.459 e. The van der Waals surface area contributed by atoms with Crippen LogP contribution in [-0.2, 0) is 4.74 Å². The molecule has 1 aromatic rings. The first-order valence-corrected chi connectivity index (χ1v) is 5.39. The summed E-state index contributed by atoms with van der Waals surface area (Å²) < 4.78 is 9.77. The number of carbonyl (C=O) groups is 1. The van der Waals surface area contributed by atoms with Crippen LogP contribution in [0.1, 0.15) is 31.0 Å². The van der Waals surface area contributed by atoms with Gasteiger partial charge in [-0.15, -0.1) is 5.10 Å². The van der Waals surface area contributed by atoms with Crippen molar-refractivity contribution in [2.75, 3.05) is 12.4 Å². The molecule has 0 aliphatic heterocycles. The second-order valence-corrected chi connectivity index (χ2v) is 3.49. The predicted octanol–water partition coefficient (Wildman–Crippen LogP) is 1.75. The van der Waals surface area contributed by atoms with Gasteiger partial charge in [0.25, 0.3) is 5.22 Å². The highest BCUT2D eigenvalue weighted by atomic mass is 32.2. The standard InChI is InChI=1S/C8H12N2O3S/c1-3-5-14-8-10-9-6(13-8)7(11)12-4-2/h3-5H2,1-2H3. The van der Waals surface area contributed by atoms with Gasteiger partial charge < -0.3 is 9.15 Å². The fraction of sp³-hybridized carbons (Fsp3) is 0.625. The van der Waals surface area contributed by atoms with Crippen LogP contribution in [0.3, 0.4) is 0 Å². The number of carbonyl (C=O) groups excluding carboxylic acids is 1. The Morgan fingerprint density at radius 3 is 2.93 bits per heavy atom. The van der Waals surface area contributed by atoms with E-state index in [1.807, 2.05) is 0 Å². The van der Waals surface area contributed by atoms with Crippen molar-refractivity contribution in [3.63, 3.8) is 0 Å². The number of rotatable bonds is 5. The van der Waals surface area contributed by atoms with E-state index in [0.29, 0.717) is 11.8 Å². The van der Waals surface area contributed by atoms with Crippen molar-refractivity contribution in [1.29, 1.82) is 0 Å². The molecule has 0 saturated carbocycles.